The molecule has 0 bridgehead atoms. The van der Waals surface area contributed by atoms with E-state index in [1.165, 1.54) is 4.88 Å². The van der Waals surface area contributed by atoms with E-state index in [0.717, 1.165) is 12.1 Å². The topological polar surface area (TPSA) is 74.6 Å². The van der Waals surface area contributed by atoms with Crippen LogP contribution in [0.4, 0.5) is 0 Å². The van der Waals surface area contributed by atoms with Crippen LogP contribution in [-0.4, -0.2) is 53.7 Å². The van der Waals surface area contributed by atoms with E-state index in [0.29, 0.717) is 32.7 Å². The predicted molar refractivity (Wildman–Crippen MR) is 76.5 cm³/mol. The van der Waals surface area contributed by atoms with Crippen molar-refractivity contribution < 1.29 is 14.9 Å². The van der Waals surface area contributed by atoms with Gasteiger partial charge in [0.05, 0.1) is 36.6 Å². The fourth-order valence-electron chi connectivity index (χ4n) is 1.59. The van der Waals surface area contributed by atoms with Crippen molar-refractivity contribution in [2.24, 2.45) is 0 Å². The number of ether oxygens (including phenoxy) is 1. The number of hydrogen-bond donors (Lipinski definition) is 3. The molecule has 1 rings (SSSR count). The van der Waals surface area contributed by atoms with Crippen molar-refractivity contribution in [1.29, 1.82) is 0 Å². The molecule has 0 amide bonds. The standard InChI is InChI=1S/C13H24N2O3S/c1-10(16)3-5-14-7-12(17)8-18-6-4-13-11(2)15-9-19-13/h9-10,12,14,16-17H,3-8H2,1-2H3. The molecule has 0 radical (unpaired) electrons. The smallest absolute Gasteiger partial charge is 0.0897 e. The molecule has 0 aromatic carbocycles. The number of aliphatic hydroxyl groups is 2. The molecule has 5 nitrogen and oxygen atoms in total. The van der Waals surface area contributed by atoms with Crippen molar-refractivity contribution in [3.05, 3.63) is 16.1 Å². The van der Waals surface area contributed by atoms with Crippen LogP contribution in [0, 0.1) is 6.92 Å². The summed E-state index contributed by atoms with van der Waals surface area (Å²) in [6, 6.07) is 0. The van der Waals surface area contributed by atoms with Crippen LogP contribution in [0.1, 0.15) is 23.9 Å². The fraction of sp³-hybridized carbons (Fsp3) is 0.769. The molecule has 6 heteroatoms. The van der Waals surface area contributed by atoms with Gasteiger partial charge in [-0.25, -0.2) is 4.98 Å². The van der Waals surface area contributed by atoms with Crippen molar-refractivity contribution in [1.82, 2.24) is 10.3 Å². The molecule has 1 aromatic rings. The zero-order valence-electron chi connectivity index (χ0n) is 11.6. The number of nitrogens with one attached hydrogen (secondary N) is 1. The highest BCUT2D eigenvalue weighted by molar-refractivity contribution is 7.09. The number of nitrogens with zero attached hydrogens (tertiary/aromatic N) is 1. The van der Waals surface area contributed by atoms with E-state index in [-0.39, 0.29) is 6.10 Å². The normalized spacial score (nSPS) is 14.5. The minimum Gasteiger partial charge on any atom is -0.393 e. The second kappa shape index (κ2) is 9.39. The summed E-state index contributed by atoms with van der Waals surface area (Å²) in [6.07, 6.45) is 0.733. The van der Waals surface area contributed by atoms with Gasteiger partial charge in [-0.2, -0.15) is 0 Å². The van der Waals surface area contributed by atoms with E-state index in [4.69, 9.17) is 9.84 Å². The van der Waals surface area contributed by atoms with Crippen LogP contribution in [0.2, 0.25) is 0 Å². The van der Waals surface area contributed by atoms with Crippen LogP contribution < -0.4 is 5.32 Å². The van der Waals surface area contributed by atoms with Gasteiger partial charge in [0.15, 0.2) is 0 Å². The first kappa shape index (κ1) is 16.5. The van der Waals surface area contributed by atoms with Crippen LogP contribution in [0.5, 0.6) is 0 Å². The summed E-state index contributed by atoms with van der Waals surface area (Å²) in [7, 11) is 0. The molecule has 1 aromatic heterocycles. The summed E-state index contributed by atoms with van der Waals surface area (Å²) in [5.41, 5.74) is 2.90. The molecule has 2 atom stereocenters. The summed E-state index contributed by atoms with van der Waals surface area (Å²) in [4.78, 5) is 5.42. The third-order valence-corrected chi connectivity index (χ3v) is 3.74. The lowest BCUT2D eigenvalue weighted by atomic mass is 10.3. The van der Waals surface area contributed by atoms with Crippen LogP contribution in [0.15, 0.2) is 5.51 Å². The van der Waals surface area contributed by atoms with E-state index >= 15 is 0 Å². The van der Waals surface area contributed by atoms with Crippen molar-refractivity contribution in [3.8, 4) is 0 Å². The maximum Gasteiger partial charge on any atom is 0.0897 e. The van der Waals surface area contributed by atoms with Gasteiger partial charge in [-0.05, 0) is 26.8 Å². The summed E-state index contributed by atoms with van der Waals surface area (Å²) >= 11 is 1.64. The number of aromatic nitrogens is 1. The highest BCUT2D eigenvalue weighted by Gasteiger charge is 2.05. The van der Waals surface area contributed by atoms with Crippen LogP contribution >= 0.6 is 11.3 Å². The van der Waals surface area contributed by atoms with Crippen LogP contribution in [0.25, 0.3) is 0 Å². The second-order valence-corrected chi connectivity index (χ2v) is 5.62. The fourth-order valence-corrected chi connectivity index (χ4v) is 2.35. The molecule has 0 aliphatic heterocycles. The number of thiazole rings is 1. The molecule has 110 valence electrons. The SMILES string of the molecule is Cc1ncsc1CCOCC(O)CNCCC(C)O. The van der Waals surface area contributed by atoms with Gasteiger partial charge in [0.1, 0.15) is 0 Å². The van der Waals surface area contributed by atoms with Gasteiger partial charge in [-0.15, -0.1) is 11.3 Å². The number of aliphatic hydroxyl groups excluding tert-OH is 2. The number of aryl methyl sites for hydroxylation is 1. The Labute approximate surface area is 118 Å². The average molecular weight is 288 g/mol. The molecule has 0 saturated heterocycles. The van der Waals surface area contributed by atoms with Crippen LogP contribution in [0.3, 0.4) is 0 Å². The summed E-state index contributed by atoms with van der Waals surface area (Å²) < 4.78 is 5.44. The monoisotopic (exact) mass is 288 g/mol. The zero-order valence-corrected chi connectivity index (χ0v) is 12.4. The first-order chi connectivity index (χ1) is 9.09. The Balaban J connectivity index is 1.98. The van der Waals surface area contributed by atoms with Crippen molar-refractivity contribution in [2.45, 2.75) is 38.9 Å². The lowest BCUT2D eigenvalue weighted by Gasteiger charge is -2.12. The van der Waals surface area contributed by atoms with Crippen molar-refractivity contribution in [3.63, 3.8) is 0 Å². The second-order valence-electron chi connectivity index (χ2n) is 4.68. The third-order valence-electron chi connectivity index (χ3n) is 2.75. The van der Waals surface area contributed by atoms with Gasteiger partial charge in [0, 0.05) is 17.8 Å². The van der Waals surface area contributed by atoms with Crippen LogP contribution in [-0.2, 0) is 11.2 Å². The van der Waals surface area contributed by atoms with Gasteiger partial charge in [-0.1, -0.05) is 0 Å². The highest BCUT2D eigenvalue weighted by Crippen LogP contribution is 2.12. The van der Waals surface area contributed by atoms with E-state index in [1.54, 1.807) is 18.3 Å². The molecule has 0 spiro atoms. The van der Waals surface area contributed by atoms with Gasteiger partial charge in [0.2, 0.25) is 0 Å². The molecule has 3 N–H and O–H groups in total. The largest absolute Gasteiger partial charge is 0.393 e. The minimum atomic E-state index is -0.503. The minimum absolute atomic E-state index is 0.302. The highest BCUT2D eigenvalue weighted by atomic mass is 32.1. The molecule has 0 fully saturated rings. The predicted octanol–water partition coefficient (Wildman–Crippen LogP) is 0.732. The Morgan fingerprint density at radius 2 is 2.26 bits per heavy atom. The van der Waals surface area contributed by atoms with Gasteiger partial charge >= 0.3 is 0 Å². The van der Waals surface area contributed by atoms with Gasteiger partial charge in [-0.3, -0.25) is 0 Å². The Bertz CT molecular complexity index is 344. The van der Waals surface area contributed by atoms with Crippen molar-refractivity contribution >= 4 is 11.3 Å². The van der Waals surface area contributed by atoms with E-state index in [2.05, 4.69) is 10.3 Å². The molecule has 0 saturated carbocycles. The maximum atomic E-state index is 9.67. The summed E-state index contributed by atoms with van der Waals surface area (Å²) in [5, 5.41) is 21.8. The zero-order chi connectivity index (χ0) is 14.1. The Morgan fingerprint density at radius 1 is 1.47 bits per heavy atom. The van der Waals surface area contributed by atoms with E-state index < -0.39 is 6.10 Å². The molecule has 19 heavy (non-hydrogen) atoms. The lowest BCUT2D eigenvalue weighted by Crippen LogP contribution is -2.32. The summed E-state index contributed by atoms with van der Waals surface area (Å²) in [5.74, 6) is 0. The van der Waals surface area contributed by atoms with E-state index in [1.807, 2.05) is 12.4 Å². The third kappa shape index (κ3) is 7.59. The summed E-state index contributed by atoms with van der Waals surface area (Å²) in [6.45, 7) is 5.88. The number of rotatable bonds is 10. The van der Waals surface area contributed by atoms with Gasteiger partial charge in [0.25, 0.3) is 0 Å². The molecule has 2 unspecified atom stereocenters. The van der Waals surface area contributed by atoms with Gasteiger partial charge < -0.3 is 20.3 Å². The molecule has 1 heterocycles. The molecular weight excluding hydrogens is 264 g/mol. The number of hydrogen-bond acceptors (Lipinski definition) is 6. The van der Waals surface area contributed by atoms with Crippen molar-refractivity contribution in [2.75, 3.05) is 26.3 Å². The molecular formula is C13H24N2O3S. The van der Waals surface area contributed by atoms with E-state index in [9.17, 15) is 5.11 Å². The lowest BCUT2D eigenvalue weighted by molar-refractivity contribution is 0.0381. The molecule has 0 aliphatic carbocycles. The first-order valence-electron chi connectivity index (χ1n) is 6.63. The Kier molecular flexibility index (Phi) is 8.16. The molecule has 0 aliphatic rings. The Hall–Kier alpha value is -0.530. The average Bonchev–Trinajstić information content (AvgIpc) is 2.76. The maximum absolute atomic E-state index is 9.67. The first-order valence-corrected chi connectivity index (χ1v) is 7.51. The Morgan fingerprint density at radius 3 is 2.89 bits per heavy atom. The quantitative estimate of drug-likeness (QED) is 0.554.